The highest BCUT2D eigenvalue weighted by Gasteiger charge is 2.37. The van der Waals surface area contributed by atoms with Crippen molar-refractivity contribution in [3.8, 4) is 11.6 Å². The van der Waals surface area contributed by atoms with E-state index in [-0.39, 0.29) is 11.8 Å². The summed E-state index contributed by atoms with van der Waals surface area (Å²) in [6.45, 7) is 1.38. The molecule has 0 atom stereocenters. The Labute approximate surface area is 133 Å². The minimum absolute atomic E-state index is 0.251. The van der Waals surface area contributed by atoms with Crippen LogP contribution in [-0.2, 0) is 24.8 Å². The average Bonchev–Trinajstić information content (AvgIpc) is 3.49. The van der Waals surface area contributed by atoms with E-state index in [4.69, 9.17) is 4.52 Å². The topological polar surface area (TPSA) is 77.1 Å². The Morgan fingerprint density at radius 3 is 2.83 bits per heavy atom. The van der Waals surface area contributed by atoms with E-state index in [1.165, 1.54) is 5.69 Å². The molecule has 2 fully saturated rings. The molecule has 2 saturated carbocycles. The molecule has 2 aromatic rings. The summed E-state index contributed by atoms with van der Waals surface area (Å²) in [5, 5.41) is 8.68. The normalized spacial score (nSPS) is 20.7. The Kier molecular flexibility index (Phi) is 2.69. The smallest absolute Gasteiger partial charge is 0.278 e. The minimum atomic E-state index is 0.251. The fraction of sp³-hybridized carbons (Fsp3) is 0.625. The summed E-state index contributed by atoms with van der Waals surface area (Å²) in [5.41, 5.74) is 2.99. The van der Waals surface area contributed by atoms with Gasteiger partial charge >= 0.3 is 0 Å². The highest BCUT2D eigenvalue weighted by molar-refractivity contribution is 5.81. The number of carbonyl (C=O) groups excluding carboxylic acids is 1. The first-order chi connectivity index (χ1) is 11.2. The van der Waals surface area contributed by atoms with Gasteiger partial charge in [0.1, 0.15) is 0 Å². The van der Waals surface area contributed by atoms with Crippen LogP contribution in [0.3, 0.4) is 0 Å². The number of hydrogen-bond donors (Lipinski definition) is 0. The van der Waals surface area contributed by atoms with Crippen molar-refractivity contribution in [1.82, 2.24) is 24.8 Å². The number of carbonyl (C=O) groups is 1. The molecular formula is C16H19N5O2. The monoisotopic (exact) mass is 313 g/mol. The van der Waals surface area contributed by atoms with Crippen LogP contribution in [0.15, 0.2) is 4.52 Å². The fourth-order valence-corrected chi connectivity index (χ4v) is 3.38. The van der Waals surface area contributed by atoms with E-state index in [1.54, 1.807) is 0 Å². The maximum Gasteiger partial charge on any atom is 0.278 e. The number of amides is 1. The second-order valence-corrected chi connectivity index (χ2v) is 6.91. The Hall–Kier alpha value is -2.18. The van der Waals surface area contributed by atoms with E-state index in [0.29, 0.717) is 18.4 Å². The number of aromatic nitrogens is 4. The van der Waals surface area contributed by atoms with E-state index in [9.17, 15) is 4.79 Å². The third-order valence-corrected chi connectivity index (χ3v) is 5.07. The Bertz CT molecular complexity index is 784. The summed E-state index contributed by atoms with van der Waals surface area (Å²) in [5.74, 6) is 2.28. The van der Waals surface area contributed by atoms with Crippen LogP contribution in [-0.4, -0.2) is 37.3 Å². The number of aryl methyl sites for hydroxylation is 1. The van der Waals surface area contributed by atoms with Gasteiger partial charge < -0.3 is 9.42 Å². The lowest BCUT2D eigenvalue weighted by Crippen LogP contribution is -2.37. The molecule has 0 radical (unpaired) electrons. The minimum Gasteiger partial charge on any atom is -0.338 e. The zero-order valence-electron chi connectivity index (χ0n) is 13.2. The highest BCUT2D eigenvalue weighted by Crippen LogP contribution is 2.39. The number of fused-ring (bicyclic) bond motifs is 1. The molecule has 0 bridgehead atoms. The first-order valence-electron chi connectivity index (χ1n) is 8.38. The maximum atomic E-state index is 12.4. The van der Waals surface area contributed by atoms with Gasteiger partial charge in [0.25, 0.3) is 5.89 Å². The number of hydrogen-bond acceptors (Lipinski definition) is 5. The Morgan fingerprint density at radius 1 is 1.26 bits per heavy atom. The van der Waals surface area contributed by atoms with Crippen molar-refractivity contribution in [2.75, 3.05) is 6.54 Å². The molecule has 3 heterocycles. The van der Waals surface area contributed by atoms with Crippen molar-refractivity contribution in [3.05, 3.63) is 17.1 Å². The van der Waals surface area contributed by atoms with Gasteiger partial charge in [-0.1, -0.05) is 5.16 Å². The Morgan fingerprint density at radius 2 is 2.09 bits per heavy atom. The van der Waals surface area contributed by atoms with Gasteiger partial charge in [0.2, 0.25) is 5.91 Å². The van der Waals surface area contributed by atoms with Crippen molar-refractivity contribution in [2.45, 2.75) is 44.6 Å². The third-order valence-electron chi connectivity index (χ3n) is 5.07. The largest absolute Gasteiger partial charge is 0.338 e. The summed E-state index contributed by atoms with van der Waals surface area (Å²) >= 11 is 0. The van der Waals surface area contributed by atoms with Crippen LogP contribution < -0.4 is 0 Å². The zero-order valence-corrected chi connectivity index (χ0v) is 13.2. The molecule has 0 unspecified atom stereocenters. The molecule has 1 aliphatic heterocycles. The molecule has 1 amide bonds. The SMILES string of the molecule is Cn1nc(-c2nc(C3CC3)no2)c2c1CCN(C(=O)C1CC1)C2. The molecule has 7 nitrogen and oxygen atoms in total. The second-order valence-electron chi connectivity index (χ2n) is 6.91. The number of rotatable bonds is 3. The van der Waals surface area contributed by atoms with E-state index < -0.39 is 0 Å². The van der Waals surface area contributed by atoms with Crippen LogP contribution in [0.1, 0.15) is 48.7 Å². The molecule has 5 rings (SSSR count). The standard InChI is InChI=1S/C16H19N5O2/c1-20-12-6-7-21(16(22)10-4-5-10)8-11(12)13(18-20)15-17-14(19-23-15)9-2-3-9/h9-10H,2-8H2,1H3. The van der Waals surface area contributed by atoms with Gasteiger partial charge in [0.05, 0.1) is 0 Å². The zero-order chi connectivity index (χ0) is 15.6. The first kappa shape index (κ1) is 13.3. The summed E-state index contributed by atoms with van der Waals surface area (Å²) < 4.78 is 7.34. The van der Waals surface area contributed by atoms with Gasteiger partial charge in [-0.2, -0.15) is 10.1 Å². The molecular weight excluding hydrogens is 294 g/mol. The molecule has 2 aromatic heterocycles. The number of nitrogens with zero attached hydrogens (tertiary/aromatic N) is 5. The maximum absolute atomic E-state index is 12.4. The van der Waals surface area contributed by atoms with Gasteiger partial charge in [-0.3, -0.25) is 9.48 Å². The van der Waals surface area contributed by atoms with Gasteiger partial charge in [-0.15, -0.1) is 0 Å². The van der Waals surface area contributed by atoms with Crippen LogP contribution >= 0.6 is 0 Å². The first-order valence-corrected chi connectivity index (χ1v) is 8.38. The van der Waals surface area contributed by atoms with E-state index in [0.717, 1.165) is 55.7 Å². The van der Waals surface area contributed by atoms with Gasteiger partial charge in [0.15, 0.2) is 11.5 Å². The van der Waals surface area contributed by atoms with E-state index in [2.05, 4.69) is 15.2 Å². The summed E-state index contributed by atoms with van der Waals surface area (Å²) in [4.78, 5) is 18.9. The van der Waals surface area contributed by atoms with Gasteiger partial charge in [0, 0.05) is 49.7 Å². The molecule has 7 heteroatoms. The third kappa shape index (κ3) is 2.17. The second kappa shape index (κ2) is 4.66. The molecule has 0 spiro atoms. The van der Waals surface area contributed by atoms with Crippen molar-refractivity contribution in [3.63, 3.8) is 0 Å². The van der Waals surface area contributed by atoms with E-state index >= 15 is 0 Å². The Balaban J connectivity index is 1.49. The van der Waals surface area contributed by atoms with Crippen molar-refractivity contribution in [1.29, 1.82) is 0 Å². The molecule has 2 aliphatic carbocycles. The lowest BCUT2D eigenvalue weighted by molar-refractivity contribution is -0.133. The highest BCUT2D eigenvalue weighted by atomic mass is 16.5. The van der Waals surface area contributed by atoms with Gasteiger partial charge in [-0.05, 0) is 25.7 Å². The van der Waals surface area contributed by atoms with Crippen LogP contribution in [0.25, 0.3) is 11.6 Å². The van der Waals surface area contributed by atoms with Crippen molar-refractivity contribution >= 4 is 5.91 Å². The summed E-state index contributed by atoms with van der Waals surface area (Å²) in [6.07, 6.45) is 5.19. The predicted molar refractivity (Wildman–Crippen MR) is 80.3 cm³/mol. The van der Waals surface area contributed by atoms with Crippen LogP contribution in [0.5, 0.6) is 0 Å². The molecule has 120 valence electrons. The van der Waals surface area contributed by atoms with Gasteiger partial charge in [-0.25, -0.2) is 0 Å². The lowest BCUT2D eigenvalue weighted by Gasteiger charge is -2.27. The van der Waals surface area contributed by atoms with E-state index in [1.807, 2.05) is 16.6 Å². The lowest BCUT2D eigenvalue weighted by atomic mass is 10.0. The quantitative estimate of drug-likeness (QED) is 0.861. The fourth-order valence-electron chi connectivity index (χ4n) is 3.38. The predicted octanol–water partition coefficient (Wildman–Crippen LogP) is 1.64. The summed E-state index contributed by atoms with van der Waals surface area (Å²) in [6, 6.07) is 0. The van der Waals surface area contributed by atoms with Crippen molar-refractivity contribution < 1.29 is 9.32 Å². The molecule has 0 N–H and O–H groups in total. The van der Waals surface area contributed by atoms with Crippen molar-refractivity contribution in [2.24, 2.45) is 13.0 Å². The molecule has 3 aliphatic rings. The van der Waals surface area contributed by atoms with Crippen LogP contribution in [0.4, 0.5) is 0 Å². The van der Waals surface area contributed by atoms with Crippen LogP contribution in [0, 0.1) is 5.92 Å². The van der Waals surface area contributed by atoms with Crippen LogP contribution in [0.2, 0.25) is 0 Å². The average molecular weight is 313 g/mol. The molecule has 23 heavy (non-hydrogen) atoms. The molecule has 0 saturated heterocycles. The summed E-state index contributed by atoms with van der Waals surface area (Å²) in [7, 11) is 1.94. The molecule has 0 aromatic carbocycles.